The van der Waals surface area contributed by atoms with E-state index in [1.54, 1.807) is 12.1 Å². The second-order valence-corrected chi connectivity index (χ2v) is 5.46. The lowest BCUT2D eigenvalue weighted by Gasteiger charge is -2.36. The molecule has 0 unspecified atom stereocenters. The summed E-state index contributed by atoms with van der Waals surface area (Å²) in [7, 11) is 2.06. The van der Waals surface area contributed by atoms with Crippen LogP contribution in [0.3, 0.4) is 0 Å². The van der Waals surface area contributed by atoms with Crippen molar-refractivity contribution >= 4 is 17.6 Å². The molecule has 1 atom stereocenters. The van der Waals surface area contributed by atoms with Crippen molar-refractivity contribution < 1.29 is 9.90 Å². The highest BCUT2D eigenvalue weighted by atomic mass is 35.5. The molecule has 2 rings (SSSR count). The smallest absolute Gasteiger partial charge is 0.321 e. The van der Waals surface area contributed by atoms with Crippen molar-refractivity contribution in [2.45, 2.75) is 12.5 Å². The van der Waals surface area contributed by atoms with Gasteiger partial charge in [0, 0.05) is 31.2 Å². The zero-order valence-electron chi connectivity index (χ0n) is 11.1. The first-order valence-electron chi connectivity index (χ1n) is 6.46. The van der Waals surface area contributed by atoms with Crippen LogP contribution >= 0.6 is 11.6 Å². The number of carboxylic acids is 1. The van der Waals surface area contributed by atoms with E-state index in [9.17, 15) is 9.90 Å². The zero-order chi connectivity index (χ0) is 13.8. The van der Waals surface area contributed by atoms with Crippen LogP contribution in [0.25, 0.3) is 0 Å². The number of carboxylic acid groups (broad SMARTS) is 1. The second kappa shape index (κ2) is 6.37. The Morgan fingerprint density at radius 3 is 2.37 bits per heavy atom. The van der Waals surface area contributed by atoms with Gasteiger partial charge in [0.15, 0.2) is 0 Å². The normalized spacial score (nSPS) is 19.3. The van der Waals surface area contributed by atoms with Crippen molar-refractivity contribution in [3.05, 3.63) is 34.9 Å². The van der Waals surface area contributed by atoms with E-state index in [1.165, 1.54) is 0 Å². The molecule has 1 heterocycles. The fraction of sp³-hybridized carbons (Fsp3) is 0.500. The monoisotopic (exact) mass is 282 g/mol. The third kappa shape index (κ3) is 3.93. The van der Waals surface area contributed by atoms with Crippen molar-refractivity contribution in [1.82, 2.24) is 9.80 Å². The average molecular weight is 283 g/mol. The van der Waals surface area contributed by atoms with Crippen molar-refractivity contribution in [1.29, 1.82) is 0 Å². The lowest BCUT2D eigenvalue weighted by atomic mass is 10.0. The SMILES string of the molecule is CN1CCN([C@@H](Cc2ccc(Cl)cc2)C(=O)O)CC1. The first-order chi connectivity index (χ1) is 9.06. The van der Waals surface area contributed by atoms with Crippen molar-refractivity contribution in [3.63, 3.8) is 0 Å². The van der Waals surface area contributed by atoms with E-state index in [0.29, 0.717) is 11.4 Å². The molecule has 4 nitrogen and oxygen atoms in total. The Balaban J connectivity index is 2.04. The Morgan fingerprint density at radius 2 is 1.84 bits per heavy atom. The minimum atomic E-state index is -0.750. The van der Waals surface area contributed by atoms with Gasteiger partial charge in [-0.25, -0.2) is 0 Å². The van der Waals surface area contributed by atoms with E-state index in [0.717, 1.165) is 31.7 Å². The van der Waals surface area contributed by atoms with Gasteiger partial charge in [-0.15, -0.1) is 0 Å². The molecule has 1 aromatic carbocycles. The Bertz CT molecular complexity index is 428. The molecule has 1 aliphatic rings. The highest BCUT2D eigenvalue weighted by Crippen LogP contribution is 2.15. The van der Waals surface area contributed by atoms with Gasteiger partial charge in [0.25, 0.3) is 0 Å². The quantitative estimate of drug-likeness (QED) is 0.911. The van der Waals surface area contributed by atoms with Gasteiger partial charge >= 0.3 is 5.97 Å². The first-order valence-corrected chi connectivity index (χ1v) is 6.84. The summed E-state index contributed by atoms with van der Waals surface area (Å²) in [4.78, 5) is 15.7. The van der Waals surface area contributed by atoms with Crippen LogP contribution < -0.4 is 0 Å². The summed E-state index contributed by atoms with van der Waals surface area (Å²) in [5.41, 5.74) is 1.01. The highest BCUT2D eigenvalue weighted by molar-refractivity contribution is 6.30. The van der Waals surface area contributed by atoms with Gasteiger partial charge in [-0.05, 0) is 31.2 Å². The summed E-state index contributed by atoms with van der Waals surface area (Å²) in [6.07, 6.45) is 0.524. The maximum atomic E-state index is 11.5. The van der Waals surface area contributed by atoms with Gasteiger partial charge in [0.05, 0.1) is 0 Å². The molecule has 5 heteroatoms. The van der Waals surface area contributed by atoms with Gasteiger partial charge in [0.1, 0.15) is 6.04 Å². The van der Waals surface area contributed by atoms with Crippen LogP contribution in [-0.2, 0) is 11.2 Å². The van der Waals surface area contributed by atoms with Crippen LogP contribution in [0.1, 0.15) is 5.56 Å². The van der Waals surface area contributed by atoms with E-state index in [-0.39, 0.29) is 0 Å². The highest BCUT2D eigenvalue weighted by Gasteiger charge is 2.28. The lowest BCUT2D eigenvalue weighted by Crippen LogP contribution is -2.52. The Labute approximate surface area is 118 Å². The van der Waals surface area contributed by atoms with Crippen molar-refractivity contribution in [2.75, 3.05) is 33.2 Å². The Morgan fingerprint density at radius 1 is 1.26 bits per heavy atom. The first kappa shape index (κ1) is 14.3. The molecule has 1 fully saturated rings. The number of benzene rings is 1. The second-order valence-electron chi connectivity index (χ2n) is 5.02. The maximum absolute atomic E-state index is 11.5. The molecule has 1 aromatic rings. The van der Waals surface area contributed by atoms with Crippen LogP contribution in [0, 0.1) is 0 Å². The summed E-state index contributed by atoms with van der Waals surface area (Å²) in [6.45, 7) is 3.46. The van der Waals surface area contributed by atoms with Crippen LogP contribution in [0.5, 0.6) is 0 Å². The van der Waals surface area contributed by atoms with Gasteiger partial charge in [0.2, 0.25) is 0 Å². The third-order valence-corrected chi connectivity index (χ3v) is 3.86. The minimum Gasteiger partial charge on any atom is -0.480 e. The number of nitrogens with zero attached hydrogens (tertiary/aromatic N) is 2. The minimum absolute atomic E-state index is 0.449. The Kier molecular flexibility index (Phi) is 4.80. The molecule has 0 amide bonds. The fourth-order valence-corrected chi connectivity index (χ4v) is 2.48. The number of halogens is 1. The number of likely N-dealkylation sites (N-methyl/N-ethyl adjacent to an activating group) is 1. The molecule has 0 radical (unpaired) electrons. The van der Waals surface area contributed by atoms with E-state index in [1.807, 2.05) is 12.1 Å². The molecule has 0 aliphatic carbocycles. The topological polar surface area (TPSA) is 43.8 Å². The molecule has 0 saturated carbocycles. The third-order valence-electron chi connectivity index (χ3n) is 3.61. The predicted molar refractivity (Wildman–Crippen MR) is 75.6 cm³/mol. The van der Waals surface area contributed by atoms with Gasteiger partial charge in [-0.1, -0.05) is 23.7 Å². The molecule has 0 spiro atoms. The summed E-state index contributed by atoms with van der Waals surface area (Å²) >= 11 is 5.84. The average Bonchev–Trinajstić information content (AvgIpc) is 2.39. The fourth-order valence-electron chi connectivity index (χ4n) is 2.35. The van der Waals surface area contributed by atoms with Gasteiger partial charge < -0.3 is 10.0 Å². The van der Waals surface area contributed by atoms with E-state index < -0.39 is 12.0 Å². The van der Waals surface area contributed by atoms with Crippen molar-refractivity contribution in [2.24, 2.45) is 0 Å². The molecular weight excluding hydrogens is 264 g/mol. The van der Waals surface area contributed by atoms with E-state index in [2.05, 4.69) is 16.8 Å². The number of hydrogen-bond donors (Lipinski definition) is 1. The lowest BCUT2D eigenvalue weighted by molar-refractivity contribution is -0.144. The molecule has 1 aliphatic heterocycles. The number of aliphatic carboxylic acids is 1. The summed E-state index contributed by atoms with van der Waals surface area (Å²) in [5.74, 6) is -0.750. The predicted octanol–water partition coefficient (Wildman–Crippen LogP) is 1.58. The van der Waals surface area contributed by atoms with Crippen LogP contribution in [-0.4, -0.2) is 60.1 Å². The summed E-state index contributed by atoms with van der Waals surface area (Å²) < 4.78 is 0. The number of rotatable bonds is 4. The van der Waals surface area contributed by atoms with E-state index in [4.69, 9.17) is 11.6 Å². The summed E-state index contributed by atoms with van der Waals surface area (Å²) in [6, 6.07) is 6.96. The molecule has 1 saturated heterocycles. The molecule has 104 valence electrons. The van der Waals surface area contributed by atoms with E-state index >= 15 is 0 Å². The largest absolute Gasteiger partial charge is 0.480 e. The van der Waals surface area contributed by atoms with Gasteiger partial charge in [-0.3, -0.25) is 9.69 Å². The van der Waals surface area contributed by atoms with Crippen LogP contribution in [0.2, 0.25) is 5.02 Å². The summed E-state index contributed by atoms with van der Waals surface area (Å²) in [5, 5.41) is 10.1. The molecule has 0 bridgehead atoms. The van der Waals surface area contributed by atoms with Crippen LogP contribution in [0.4, 0.5) is 0 Å². The molecule has 19 heavy (non-hydrogen) atoms. The van der Waals surface area contributed by atoms with Crippen LogP contribution in [0.15, 0.2) is 24.3 Å². The molecule has 0 aromatic heterocycles. The van der Waals surface area contributed by atoms with Crippen molar-refractivity contribution in [3.8, 4) is 0 Å². The Hall–Kier alpha value is -1.10. The molecular formula is C14H19ClN2O2. The standard InChI is InChI=1S/C14H19ClN2O2/c1-16-6-8-17(9-7-16)13(14(18)19)10-11-2-4-12(15)5-3-11/h2-5,13H,6-10H2,1H3,(H,18,19)/t13-/m0/s1. The maximum Gasteiger partial charge on any atom is 0.321 e. The number of hydrogen-bond acceptors (Lipinski definition) is 3. The zero-order valence-corrected chi connectivity index (χ0v) is 11.8. The van der Waals surface area contributed by atoms with Gasteiger partial charge in [-0.2, -0.15) is 0 Å². The number of carbonyl (C=O) groups is 1. The number of piperazine rings is 1. The molecule has 1 N–H and O–H groups in total.